The molecule has 24 heteroatoms. The van der Waals surface area contributed by atoms with Crippen LogP contribution in [0.4, 0.5) is 4.79 Å². The summed E-state index contributed by atoms with van der Waals surface area (Å²) in [5, 5.41) is 58.4. The van der Waals surface area contributed by atoms with E-state index in [9.17, 15) is 48.3 Å². The summed E-state index contributed by atoms with van der Waals surface area (Å²) in [5.74, 6) is -5.01. The van der Waals surface area contributed by atoms with Crippen molar-refractivity contribution in [1.82, 2.24) is 53.2 Å². The minimum absolute atomic E-state index is 0. The first kappa shape index (κ1) is 81.7. The van der Waals surface area contributed by atoms with Crippen molar-refractivity contribution in [2.45, 2.75) is 161 Å². The molecular formula is C63H105N11O12Y-2. The summed E-state index contributed by atoms with van der Waals surface area (Å²) in [4.78, 5) is 105. The third kappa shape index (κ3) is 40.8. The van der Waals surface area contributed by atoms with Crippen molar-refractivity contribution in [3.63, 3.8) is 0 Å². The molecule has 4 atom stereocenters. The van der Waals surface area contributed by atoms with Crippen LogP contribution in [0.15, 0.2) is 60.7 Å². The molecule has 3 aliphatic heterocycles. The molecule has 4 unspecified atom stereocenters. The van der Waals surface area contributed by atoms with E-state index in [0.29, 0.717) is 83.8 Å². The summed E-state index contributed by atoms with van der Waals surface area (Å²) < 4.78 is 0. The number of carboxylic acids is 3. The number of hydrogen-bond donors (Lipinski definition) is 13. The Kier molecular flexibility index (Phi) is 46.6. The molecule has 2 aromatic rings. The van der Waals surface area contributed by atoms with Crippen molar-refractivity contribution in [2.75, 3.05) is 85.6 Å². The van der Waals surface area contributed by atoms with E-state index >= 15 is 0 Å². The number of carbonyl (C=O) groups excluding carboxylic acids is 6. The number of aliphatic carboxylic acids is 3. The summed E-state index contributed by atoms with van der Waals surface area (Å²) in [6.45, 7) is 21.8. The number of urea groups is 1. The van der Waals surface area contributed by atoms with Gasteiger partial charge in [-0.1, -0.05) is 114 Å². The molecule has 5 amide bonds. The van der Waals surface area contributed by atoms with Crippen LogP contribution < -0.4 is 53.2 Å². The van der Waals surface area contributed by atoms with Crippen molar-refractivity contribution < 1.29 is 91.2 Å². The second-order valence-electron chi connectivity index (χ2n) is 22.7. The molecule has 3 aliphatic rings. The van der Waals surface area contributed by atoms with E-state index in [1.165, 1.54) is 0 Å². The second kappa shape index (κ2) is 49.6. The number of carboxylic acid groups (broad SMARTS) is 3. The first-order valence-electron chi connectivity index (χ1n) is 30.8. The predicted octanol–water partition coefficient (Wildman–Crippen LogP) is 4.98. The molecule has 14 N–H and O–H groups in total. The van der Waals surface area contributed by atoms with Gasteiger partial charge in [0.2, 0.25) is 11.8 Å². The second-order valence-corrected chi connectivity index (χ2v) is 22.7. The van der Waals surface area contributed by atoms with E-state index in [-0.39, 0.29) is 86.7 Å². The molecule has 0 saturated carbocycles. The van der Waals surface area contributed by atoms with Crippen molar-refractivity contribution in [1.29, 1.82) is 0 Å². The molecular weight excluding hydrogens is 1190 g/mol. The van der Waals surface area contributed by atoms with Crippen molar-refractivity contribution in [2.24, 2.45) is 17.3 Å². The Morgan fingerprint density at radius 1 is 0.586 bits per heavy atom. The summed E-state index contributed by atoms with van der Waals surface area (Å²) in [5.41, 5.74) is 9.27. The van der Waals surface area contributed by atoms with E-state index in [2.05, 4.69) is 73.9 Å². The van der Waals surface area contributed by atoms with Crippen LogP contribution in [-0.2, 0) is 83.9 Å². The first-order valence-corrected chi connectivity index (χ1v) is 30.8. The van der Waals surface area contributed by atoms with Crippen LogP contribution in [0.3, 0.4) is 0 Å². The smallest absolute Gasteiger partial charge is 0.326 e. The fraction of sp³-hybridized carbons (Fsp3) is 0.651. The Morgan fingerprint density at radius 3 is 1.46 bits per heavy atom. The number of Topliss-reactive ketones (excluding diaryl/α,β-unsaturated/α-hetero) is 2. The normalized spacial score (nSPS) is 18.4. The summed E-state index contributed by atoms with van der Waals surface area (Å²) in [6.07, 6.45) is 8.68. The number of unbranched alkanes of at least 4 members (excludes halogenated alkanes) is 4. The molecule has 3 saturated heterocycles. The summed E-state index contributed by atoms with van der Waals surface area (Å²) in [7, 11) is 1.62. The molecule has 2 bridgehead atoms. The minimum atomic E-state index is -1.43. The van der Waals surface area contributed by atoms with Crippen molar-refractivity contribution in [3.8, 4) is 0 Å². The zero-order valence-electron chi connectivity index (χ0n) is 52.6. The van der Waals surface area contributed by atoms with Crippen LogP contribution >= 0.6 is 0 Å². The molecule has 3 fully saturated rings. The number of benzene rings is 2. The fourth-order valence-electron chi connectivity index (χ4n) is 9.45. The Morgan fingerprint density at radius 2 is 1.02 bits per heavy atom. The quantitative estimate of drug-likeness (QED) is 0.0362. The van der Waals surface area contributed by atoms with E-state index < -0.39 is 59.8 Å². The van der Waals surface area contributed by atoms with E-state index in [1.54, 1.807) is 7.05 Å². The summed E-state index contributed by atoms with van der Waals surface area (Å²) >= 11 is 0. The average molecular weight is 1300 g/mol. The Labute approximate surface area is 542 Å². The third-order valence-corrected chi connectivity index (χ3v) is 14.4. The monoisotopic (exact) mass is 1300 g/mol. The number of rotatable bonds is 30. The maximum Gasteiger partial charge on any atom is 0.326 e. The molecule has 3 heterocycles. The molecule has 2 aromatic carbocycles. The van der Waals surface area contributed by atoms with Crippen LogP contribution in [0.25, 0.3) is 5.73 Å². The minimum Gasteiger partial charge on any atom is -0.668 e. The summed E-state index contributed by atoms with van der Waals surface area (Å²) in [6, 6.07) is 15.8. The molecule has 0 spiro atoms. The average Bonchev–Trinajstić information content (AvgIpc) is 3.57. The van der Waals surface area contributed by atoms with Gasteiger partial charge in [-0.3, -0.25) is 24.0 Å². The van der Waals surface area contributed by atoms with Crippen LogP contribution in [-0.4, -0.2) is 172 Å². The van der Waals surface area contributed by atoms with Gasteiger partial charge in [0.1, 0.15) is 23.7 Å². The van der Waals surface area contributed by atoms with Gasteiger partial charge in [-0.15, -0.1) is 0 Å². The van der Waals surface area contributed by atoms with Crippen LogP contribution in [0.2, 0.25) is 0 Å². The maximum absolute atomic E-state index is 12.7. The Bertz CT molecular complexity index is 2230. The number of fused-ring (bicyclic) bond motifs is 15. The molecule has 0 aliphatic carbocycles. The first-order chi connectivity index (χ1) is 41.1. The van der Waals surface area contributed by atoms with Gasteiger partial charge in [-0.25, -0.2) is 14.4 Å². The van der Waals surface area contributed by atoms with Gasteiger partial charge in [0.25, 0.3) is 0 Å². The predicted molar refractivity (Wildman–Crippen MR) is 335 cm³/mol. The number of ketones is 2. The van der Waals surface area contributed by atoms with Gasteiger partial charge in [-0.2, -0.15) is 6.42 Å². The molecule has 489 valence electrons. The van der Waals surface area contributed by atoms with Crippen LogP contribution in [0, 0.1) is 24.2 Å². The molecule has 87 heavy (non-hydrogen) atoms. The largest absolute Gasteiger partial charge is 0.668 e. The fourth-order valence-corrected chi connectivity index (χ4v) is 9.45. The Hall–Kier alpha value is -5.27. The van der Waals surface area contributed by atoms with Gasteiger partial charge in [0.05, 0.1) is 11.4 Å². The molecule has 23 nitrogen and oxygen atoms in total. The SMILES string of the molecule is CC(Cc1ccccc1)C(=O)CC(Cc1ccccc1)C([NH-])=O.CCCCCC(=O)CCCCCC(NC(=O)NC(CCC(=O)O)C(=O)O)C(=O)O.CNC(=O)CCCC(=O)NC12CNCCNCC(C)(CNCCNC1)CNCCNC2.[CH2-]CC.[Y]. The topological polar surface area (TPSA) is 358 Å². The zero-order chi connectivity index (χ0) is 64.0. The van der Waals surface area contributed by atoms with Gasteiger partial charge in [0.15, 0.2) is 0 Å². The van der Waals surface area contributed by atoms with Crippen LogP contribution in [0.1, 0.15) is 142 Å². The molecule has 1 radical (unpaired) electrons. The van der Waals surface area contributed by atoms with Crippen molar-refractivity contribution in [3.05, 3.63) is 84.4 Å². The van der Waals surface area contributed by atoms with Gasteiger partial charge < -0.3 is 85.9 Å². The van der Waals surface area contributed by atoms with E-state index in [1.807, 2.05) is 74.5 Å². The number of hydrogen-bond acceptors (Lipinski definition) is 15. The number of carbonyl (C=O) groups is 9. The zero-order valence-corrected chi connectivity index (χ0v) is 55.4. The number of amides is 5. The third-order valence-electron chi connectivity index (χ3n) is 14.4. The van der Waals surface area contributed by atoms with Crippen molar-refractivity contribution >= 4 is 53.2 Å². The van der Waals surface area contributed by atoms with Gasteiger partial charge in [-0.05, 0) is 56.1 Å². The van der Waals surface area contributed by atoms with E-state index in [4.69, 9.17) is 15.9 Å². The molecule has 0 aromatic heterocycles. The van der Waals surface area contributed by atoms with Crippen LogP contribution in [0.5, 0.6) is 0 Å². The van der Waals surface area contributed by atoms with Gasteiger partial charge >= 0.3 is 23.9 Å². The standard InChI is InChI=1S/C21H44N8O2.C20H23NO2.C19H32N2O8.C3H7.Y/c1-20-12-23-6-9-26-15-21(16-27-10-7-24-13-20,17-28-11-8-25-14-20)29-19(31)5-3-4-18(30)22-2;1-15(12-16-8-4-2-5-9-16)19(22)14-18(20(21)23)13-17-10-6-3-7-11-17;1-2-3-5-8-13(22)9-6-4-7-10-14(17(25)26)20-19(29)21-15(18(27)28)11-12-16(23)24;1-3-2;/h23-28H,3-17H2,1-2H3,(H,22,30)(H,29,31);2-11,15,18H,12-14H2,1H3,(H2,21,23);14-15H,2-12H2,1H3,(H,23,24)(H,25,26)(H,27,28)(H2,20,21,29);1,3H2,2H3;/q;;;-1;/p-1. The Balaban J connectivity index is 0.00000125. The number of nitrogens with one attached hydrogen (secondary N) is 11. The van der Waals surface area contributed by atoms with E-state index in [0.717, 1.165) is 95.7 Å². The van der Waals surface area contributed by atoms with Gasteiger partial charge in [0, 0.05) is 174 Å². The molecule has 5 rings (SSSR count). The maximum atomic E-state index is 12.7.